The Morgan fingerprint density at radius 2 is 2.28 bits per heavy atom. The number of piperidine rings is 1. The highest BCUT2D eigenvalue weighted by molar-refractivity contribution is 6.31. The van der Waals surface area contributed by atoms with Crippen molar-refractivity contribution in [2.75, 3.05) is 20.3 Å². The molecule has 18 heavy (non-hydrogen) atoms. The molecule has 2 rings (SSSR count). The number of rotatable bonds is 4. The van der Waals surface area contributed by atoms with Crippen LogP contribution in [0.4, 0.5) is 0 Å². The van der Waals surface area contributed by atoms with E-state index in [1.54, 1.807) is 7.11 Å². The van der Waals surface area contributed by atoms with Crippen LogP contribution in [-0.4, -0.2) is 36.3 Å². The van der Waals surface area contributed by atoms with Crippen molar-refractivity contribution in [2.24, 2.45) is 0 Å². The van der Waals surface area contributed by atoms with Crippen LogP contribution in [-0.2, 0) is 6.54 Å². The zero-order valence-corrected chi connectivity index (χ0v) is 11.5. The minimum atomic E-state index is 0.230. The van der Waals surface area contributed by atoms with Crippen molar-refractivity contribution in [3.8, 4) is 5.75 Å². The lowest BCUT2D eigenvalue weighted by atomic mass is 10.0. The van der Waals surface area contributed by atoms with Gasteiger partial charge in [0, 0.05) is 17.6 Å². The van der Waals surface area contributed by atoms with Crippen molar-refractivity contribution in [2.45, 2.75) is 31.8 Å². The predicted molar refractivity (Wildman–Crippen MR) is 73.1 cm³/mol. The summed E-state index contributed by atoms with van der Waals surface area (Å²) in [5, 5.41) is 10.1. The second-order valence-electron chi connectivity index (χ2n) is 4.76. The topological polar surface area (TPSA) is 32.7 Å². The number of nitrogens with zero attached hydrogens (tertiary/aromatic N) is 1. The van der Waals surface area contributed by atoms with E-state index in [9.17, 15) is 5.11 Å². The molecule has 4 heteroatoms. The molecule has 1 unspecified atom stereocenters. The van der Waals surface area contributed by atoms with Crippen molar-refractivity contribution < 1.29 is 9.84 Å². The molecule has 1 atom stereocenters. The Balaban J connectivity index is 2.07. The van der Waals surface area contributed by atoms with E-state index in [1.807, 2.05) is 18.2 Å². The van der Waals surface area contributed by atoms with Crippen LogP contribution in [0.2, 0.25) is 5.02 Å². The molecule has 0 saturated carbocycles. The smallest absolute Gasteiger partial charge is 0.120 e. The Morgan fingerprint density at radius 3 is 2.94 bits per heavy atom. The third-order valence-electron chi connectivity index (χ3n) is 3.59. The standard InChI is InChI=1S/C14H20ClNO2/c1-18-13-6-5-11(14(15)8-13)9-16-7-3-2-4-12(16)10-17/h5-6,8,12,17H,2-4,7,9-10H2,1H3. The van der Waals surface area contributed by atoms with E-state index in [0.29, 0.717) is 0 Å². The molecule has 3 nitrogen and oxygen atoms in total. The predicted octanol–water partition coefficient (Wildman–Crippen LogP) is 2.70. The van der Waals surface area contributed by atoms with Gasteiger partial charge in [-0.25, -0.2) is 0 Å². The van der Waals surface area contributed by atoms with Crippen LogP contribution >= 0.6 is 11.6 Å². The fourth-order valence-corrected chi connectivity index (χ4v) is 2.71. The fraction of sp³-hybridized carbons (Fsp3) is 0.571. The number of ether oxygens (including phenoxy) is 1. The highest BCUT2D eigenvalue weighted by Crippen LogP contribution is 2.26. The van der Waals surface area contributed by atoms with Crippen LogP contribution in [0.15, 0.2) is 18.2 Å². The van der Waals surface area contributed by atoms with Gasteiger partial charge in [-0.3, -0.25) is 4.90 Å². The molecule has 1 aromatic carbocycles. The van der Waals surface area contributed by atoms with E-state index in [0.717, 1.165) is 35.8 Å². The summed E-state index contributed by atoms with van der Waals surface area (Å²) < 4.78 is 5.14. The second-order valence-corrected chi connectivity index (χ2v) is 5.17. The first kappa shape index (κ1) is 13.7. The highest BCUT2D eigenvalue weighted by Gasteiger charge is 2.22. The second kappa shape index (κ2) is 6.41. The maximum atomic E-state index is 9.40. The Kier molecular flexibility index (Phi) is 4.87. The number of hydrogen-bond donors (Lipinski definition) is 1. The molecule has 0 aromatic heterocycles. The van der Waals surface area contributed by atoms with E-state index >= 15 is 0 Å². The van der Waals surface area contributed by atoms with Gasteiger partial charge in [0.05, 0.1) is 13.7 Å². The molecule has 1 heterocycles. The van der Waals surface area contributed by atoms with Gasteiger partial charge in [-0.2, -0.15) is 0 Å². The molecule has 1 aromatic rings. The number of hydrogen-bond acceptors (Lipinski definition) is 3. The fourth-order valence-electron chi connectivity index (χ4n) is 2.48. The molecule has 0 amide bonds. The van der Waals surface area contributed by atoms with E-state index in [4.69, 9.17) is 16.3 Å². The monoisotopic (exact) mass is 269 g/mol. The van der Waals surface area contributed by atoms with Crippen LogP contribution < -0.4 is 4.74 Å². The minimum Gasteiger partial charge on any atom is -0.497 e. The highest BCUT2D eigenvalue weighted by atomic mass is 35.5. The van der Waals surface area contributed by atoms with Crippen LogP contribution in [0.25, 0.3) is 0 Å². The average molecular weight is 270 g/mol. The molecular weight excluding hydrogens is 250 g/mol. The molecule has 1 N–H and O–H groups in total. The molecule has 1 saturated heterocycles. The SMILES string of the molecule is COc1ccc(CN2CCCCC2CO)c(Cl)c1. The first-order valence-corrected chi connectivity index (χ1v) is 6.79. The molecule has 1 fully saturated rings. The normalized spacial score (nSPS) is 20.9. The van der Waals surface area contributed by atoms with E-state index in [2.05, 4.69) is 4.90 Å². The van der Waals surface area contributed by atoms with Gasteiger partial charge in [0.15, 0.2) is 0 Å². The zero-order chi connectivity index (χ0) is 13.0. The average Bonchev–Trinajstić information content (AvgIpc) is 2.41. The maximum absolute atomic E-state index is 9.40. The molecule has 1 aliphatic rings. The van der Waals surface area contributed by atoms with E-state index in [1.165, 1.54) is 12.8 Å². The van der Waals surface area contributed by atoms with Crippen molar-refractivity contribution >= 4 is 11.6 Å². The summed E-state index contributed by atoms with van der Waals surface area (Å²) in [4.78, 5) is 2.32. The number of likely N-dealkylation sites (tertiary alicyclic amines) is 1. The number of aliphatic hydroxyl groups excluding tert-OH is 1. The van der Waals surface area contributed by atoms with Gasteiger partial charge in [-0.15, -0.1) is 0 Å². The van der Waals surface area contributed by atoms with Gasteiger partial charge in [-0.1, -0.05) is 24.1 Å². The molecule has 0 spiro atoms. The van der Waals surface area contributed by atoms with Crippen LogP contribution in [0.3, 0.4) is 0 Å². The van der Waals surface area contributed by atoms with Crippen LogP contribution in [0.1, 0.15) is 24.8 Å². The van der Waals surface area contributed by atoms with Crippen LogP contribution in [0, 0.1) is 0 Å². The summed E-state index contributed by atoms with van der Waals surface area (Å²) in [6.45, 7) is 2.06. The van der Waals surface area contributed by atoms with Crippen molar-refractivity contribution in [3.05, 3.63) is 28.8 Å². The Morgan fingerprint density at radius 1 is 1.44 bits per heavy atom. The molecule has 100 valence electrons. The Hall–Kier alpha value is -0.770. The number of halogens is 1. The number of aliphatic hydroxyl groups is 1. The molecule has 0 radical (unpaired) electrons. The summed E-state index contributed by atoms with van der Waals surface area (Å²) >= 11 is 6.25. The van der Waals surface area contributed by atoms with Gasteiger partial charge in [0.1, 0.15) is 5.75 Å². The maximum Gasteiger partial charge on any atom is 0.120 e. The third-order valence-corrected chi connectivity index (χ3v) is 3.95. The van der Waals surface area contributed by atoms with Gasteiger partial charge in [-0.05, 0) is 37.1 Å². The van der Waals surface area contributed by atoms with Gasteiger partial charge in [0.2, 0.25) is 0 Å². The van der Waals surface area contributed by atoms with Crippen molar-refractivity contribution in [1.29, 1.82) is 0 Å². The Bertz CT molecular complexity index is 397. The van der Waals surface area contributed by atoms with Crippen molar-refractivity contribution in [1.82, 2.24) is 4.90 Å². The van der Waals surface area contributed by atoms with E-state index in [-0.39, 0.29) is 12.6 Å². The first-order valence-electron chi connectivity index (χ1n) is 6.42. The van der Waals surface area contributed by atoms with Gasteiger partial charge in [0.25, 0.3) is 0 Å². The lowest BCUT2D eigenvalue weighted by molar-refractivity contribution is 0.0841. The first-order chi connectivity index (χ1) is 8.74. The zero-order valence-electron chi connectivity index (χ0n) is 10.7. The lowest BCUT2D eigenvalue weighted by Crippen LogP contribution is -2.41. The van der Waals surface area contributed by atoms with E-state index < -0.39 is 0 Å². The summed E-state index contributed by atoms with van der Waals surface area (Å²) in [5.74, 6) is 0.779. The molecule has 1 aliphatic heterocycles. The van der Waals surface area contributed by atoms with Crippen LogP contribution in [0.5, 0.6) is 5.75 Å². The number of methoxy groups -OCH3 is 1. The molecule has 0 aliphatic carbocycles. The summed E-state index contributed by atoms with van der Waals surface area (Å²) in [6, 6.07) is 6.05. The Labute approximate surface area is 113 Å². The molecule has 0 bridgehead atoms. The lowest BCUT2D eigenvalue weighted by Gasteiger charge is -2.34. The minimum absolute atomic E-state index is 0.230. The summed E-state index contributed by atoms with van der Waals surface area (Å²) in [5.41, 5.74) is 1.10. The summed E-state index contributed by atoms with van der Waals surface area (Å²) in [7, 11) is 1.64. The van der Waals surface area contributed by atoms with Gasteiger partial charge < -0.3 is 9.84 Å². The third kappa shape index (κ3) is 3.16. The van der Waals surface area contributed by atoms with Gasteiger partial charge >= 0.3 is 0 Å². The quantitative estimate of drug-likeness (QED) is 0.912. The summed E-state index contributed by atoms with van der Waals surface area (Å²) in [6.07, 6.45) is 3.48. The molecular formula is C14H20ClNO2. The number of benzene rings is 1. The largest absolute Gasteiger partial charge is 0.497 e. The van der Waals surface area contributed by atoms with Crippen molar-refractivity contribution in [3.63, 3.8) is 0 Å².